The van der Waals surface area contributed by atoms with E-state index in [1.54, 1.807) is 42.3 Å². The van der Waals surface area contributed by atoms with Crippen LogP contribution < -0.4 is 28.7 Å². The van der Waals surface area contributed by atoms with Crippen LogP contribution in [0.2, 0.25) is 0 Å². The minimum Gasteiger partial charge on any atom is -0.493 e. The summed E-state index contributed by atoms with van der Waals surface area (Å²) in [5.74, 6) is 1.76. The zero-order valence-corrected chi connectivity index (χ0v) is 35.5. The number of carbonyl (C=O) groups is 3. The lowest BCUT2D eigenvalue weighted by Crippen LogP contribution is -2.37. The zero-order valence-electron chi connectivity index (χ0n) is 35.5. The van der Waals surface area contributed by atoms with E-state index in [9.17, 15) is 14.4 Å². The molecule has 14 heteroatoms. The molecule has 0 spiro atoms. The van der Waals surface area contributed by atoms with Crippen LogP contribution in [-0.4, -0.2) is 96.0 Å². The lowest BCUT2D eigenvalue weighted by Gasteiger charge is -2.22. The Kier molecular flexibility index (Phi) is 13.0. The standard InChI is InChI=1S/C50H48N4O10/c1-58-47-27-42-44(52-30-38-25-36-8-3-5-10-46(36)54(38)50(42)57)28-48(47)64-32-34-21-33(22-40(23-34)62-20-19-61-18-17-60-16-15-59-14-6-13-55)31-63-39-11-12-41-43(26-39)51-29-37-24-35-7-2-4-9-45(35)53(37)49(41)56/h2-5,7-13,21-23,26-30,37-38H,6,14-20,24-25,31-32H2,1H3/t37-,38-/m0/s1. The molecule has 0 saturated heterocycles. The molecule has 14 nitrogen and oxygen atoms in total. The quantitative estimate of drug-likeness (QED) is 0.0571. The molecule has 0 N–H and O–H groups in total. The fraction of sp³-hybridized carbons (Fsp3) is 0.300. The number of aliphatic imine (C=N–C) groups is 2. The Labute approximate surface area is 371 Å². The molecule has 2 amide bonds. The summed E-state index contributed by atoms with van der Waals surface area (Å²) in [5, 5.41) is 0. The Morgan fingerprint density at radius 2 is 1.16 bits per heavy atom. The molecule has 0 aromatic heterocycles. The van der Waals surface area contributed by atoms with Gasteiger partial charge < -0.3 is 38.0 Å². The first kappa shape index (κ1) is 42.4. The Hall–Kier alpha value is -6.87. The van der Waals surface area contributed by atoms with Gasteiger partial charge in [-0.2, -0.15) is 0 Å². The second kappa shape index (κ2) is 19.7. The van der Waals surface area contributed by atoms with Crippen LogP contribution in [0.3, 0.4) is 0 Å². The molecule has 9 rings (SSSR count). The predicted octanol–water partition coefficient (Wildman–Crippen LogP) is 7.45. The van der Waals surface area contributed by atoms with Crippen LogP contribution in [-0.2, 0) is 45.1 Å². The van der Waals surface area contributed by atoms with Gasteiger partial charge in [-0.3, -0.25) is 29.4 Å². The van der Waals surface area contributed by atoms with Gasteiger partial charge in [0, 0.05) is 55.2 Å². The zero-order chi connectivity index (χ0) is 43.8. The number of carbonyl (C=O) groups excluding carboxylic acids is 3. The van der Waals surface area contributed by atoms with E-state index in [0.29, 0.717) is 98.0 Å². The van der Waals surface area contributed by atoms with Crippen molar-refractivity contribution in [2.75, 3.05) is 63.2 Å². The van der Waals surface area contributed by atoms with E-state index in [0.717, 1.165) is 46.3 Å². The summed E-state index contributed by atoms with van der Waals surface area (Å²) in [4.78, 5) is 51.3. The molecule has 5 aromatic rings. The van der Waals surface area contributed by atoms with Crippen LogP contribution >= 0.6 is 0 Å². The smallest absolute Gasteiger partial charge is 0.261 e. The first-order chi connectivity index (χ1) is 31.5. The number of nitrogens with zero attached hydrogens (tertiary/aromatic N) is 4. The summed E-state index contributed by atoms with van der Waals surface area (Å²) in [6.45, 7) is 2.95. The number of ether oxygens (including phenoxy) is 7. The van der Waals surface area contributed by atoms with Gasteiger partial charge >= 0.3 is 0 Å². The summed E-state index contributed by atoms with van der Waals surface area (Å²) in [6.07, 6.45) is 6.28. The van der Waals surface area contributed by atoms with E-state index in [1.165, 1.54) is 0 Å². The Bertz CT molecular complexity index is 2590. The van der Waals surface area contributed by atoms with E-state index >= 15 is 0 Å². The third-order valence-corrected chi connectivity index (χ3v) is 11.4. The van der Waals surface area contributed by atoms with Gasteiger partial charge in [-0.05, 0) is 70.8 Å². The second-order valence-electron chi connectivity index (χ2n) is 15.6. The fourth-order valence-electron chi connectivity index (χ4n) is 8.37. The average Bonchev–Trinajstić information content (AvgIpc) is 3.81. The number of rotatable bonds is 20. The van der Waals surface area contributed by atoms with Crippen LogP contribution in [0.25, 0.3) is 0 Å². The van der Waals surface area contributed by atoms with Gasteiger partial charge in [-0.15, -0.1) is 0 Å². The number of hydrogen-bond donors (Lipinski definition) is 0. The van der Waals surface area contributed by atoms with Crippen LogP contribution in [0.1, 0.15) is 49.4 Å². The van der Waals surface area contributed by atoms with Crippen molar-refractivity contribution in [3.8, 4) is 23.0 Å². The van der Waals surface area contributed by atoms with Crippen molar-refractivity contribution in [1.82, 2.24) is 0 Å². The second-order valence-corrected chi connectivity index (χ2v) is 15.6. The van der Waals surface area contributed by atoms with Gasteiger partial charge in [-0.25, -0.2) is 0 Å². The molecule has 4 aliphatic heterocycles. The highest BCUT2D eigenvalue weighted by atomic mass is 16.6. The third-order valence-electron chi connectivity index (χ3n) is 11.4. The summed E-state index contributed by atoms with van der Waals surface area (Å²) >= 11 is 0. The van der Waals surface area contributed by atoms with Crippen LogP contribution in [0, 0.1) is 0 Å². The summed E-state index contributed by atoms with van der Waals surface area (Å²) < 4.78 is 41.2. The SMILES string of the molecule is COc1cc2c(cc1OCc1cc(COc3ccc4c(c3)N=C[C@@H]3Cc5ccccc5N3C4=O)cc(OCCOCCOCCOCCC=O)c1)N=C[C@@H]1Cc3ccccc3N1C2=O. The number of anilines is 2. The number of methoxy groups -OCH3 is 1. The topological polar surface area (TPSA) is 147 Å². The van der Waals surface area contributed by atoms with Crippen molar-refractivity contribution in [3.05, 3.63) is 130 Å². The minimum absolute atomic E-state index is 0.0902. The number of hydrogen-bond acceptors (Lipinski definition) is 12. The highest BCUT2D eigenvalue weighted by molar-refractivity contribution is 6.15. The summed E-state index contributed by atoms with van der Waals surface area (Å²) in [5.41, 5.74) is 7.67. The van der Waals surface area contributed by atoms with Gasteiger partial charge in [0.2, 0.25) is 0 Å². The molecule has 0 unspecified atom stereocenters. The fourth-order valence-corrected chi connectivity index (χ4v) is 8.37. The molecule has 5 aromatic carbocycles. The minimum atomic E-state index is -0.183. The van der Waals surface area contributed by atoms with Gasteiger partial charge in [0.05, 0.1) is 81.3 Å². The Balaban J connectivity index is 0.882. The van der Waals surface area contributed by atoms with Crippen LogP contribution in [0.15, 0.2) is 107 Å². The normalized spacial score (nSPS) is 16.5. The Morgan fingerprint density at radius 1 is 0.578 bits per heavy atom. The van der Waals surface area contributed by atoms with Gasteiger partial charge in [0.1, 0.15) is 37.6 Å². The highest BCUT2D eigenvalue weighted by Gasteiger charge is 2.37. The first-order valence-corrected chi connectivity index (χ1v) is 21.4. The maximum absolute atomic E-state index is 14.0. The molecule has 0 saturated carbocycles. The average molecular weight is 865 g/mol. The molecular weight excluding hydrogens is 817 g/mol. The van der Waals surface area contributed by atoms with E-state index in [4.69, 9.17) is 43.1 Å². The number of aldehydes is 1. The van der Waals surface area contributed by atoms with Crippen LogP contribution in [0.5, 0.6) is 23.0 Å². The maximum Gasteiger partial charge on any atom is 0.261 e. The largest absolute Gasteiger partial charge is 0.493 e. The molecule has 0 fully saturated rings. The number of para-hydroxylation sites is 2. The Morgan fingerprint density at radius 3 is 1.80 bits per heavy atom. The third kappa shape index (κ3) is 9.25. The highest BCUT2D eigenvalue weighted by Crippen LogP contribution is 2.42. The molecule has 328 valence electrons. The van der Waals surface area contributed by atoms with Crippen molar-refractivity contribution >= 4 is 53.3 Å². The summed E-state index contributed by atoms with van der Waals surface area (Å²) in [6, 6.07) is 30.2. The molecule has 0 radical (unpaired) electrons. The van der Waals surface area contributed by atoms with Crippen molar-refractivity contribution in [1.29, 1.82) is 0 Å². The monoisotopic (exact) mass is 864 g/mol. The van der Waals surface area contributed by atoms with Crippen LogP contribution in [0.4, 0.5) is 22.7 Å². The van der Waals surface area contributed by atoms with E-state index < -0.39 is 0 Å². The van der Waals surface area contributed by atoms with E-state index in [-0.39, 0.29) is 43.7 Å². The van der Waals surface area contributed by atoms with E-state index in [2.05, 4.69) is 6.07 Å². The van der Waals surface area contributed by atoms with Gasteiger partial charge in [-0.1, -0.05) is 36.4 Å². The lowest BCUT2D eigenvalue weighted by atomic mass is 10.1. The van der Waals surface area contributed by atoms with Crippen molar-refractivity contribution < 1.29 is 47.5 Å². The lowest BCUT2D eigenvalue weighted by molar-refractivity contribution is -0.109. The molecule has 2 atom stereocenters. The summed E-state index contributed by atoms with van der Waals surface area (Å²) in [7, 11) is 1.55. The predicted molar refractivity (Wildman–Crippen MR) is 241 cm³/mol. The first-order valence-electron chi connectivity index (χ1n) is 21.4. The van der Waals surface area contributed by atoms with Crippen molar-refractivity contribution in [3.63, 3.8) is 0 Å². The van der Waals surface area contributed by atoms with Crippen molar-refractivity contribution in [2.24, 2.45) is 9.98 Å². The molecule has 0 bridgehead atoms. The molecule has 0 aliphatic carbocycles. The number of fused-ring (bicyclic) bond motifs is 8. The van der Waals surface area contributed by atoms with Gasteiger partial charge in [0.25, 0.3) is 11.8 Å². The number of amides is 2. The van der Waals surface area contributed by atoms with Crippen molar-refractivity contribution in [2.45, 2.75) is 44.6 Å². The molecular formula is C50H48N4O10. The number of benzene rings is 5. The maximum atomic E-state index is 14.0. The van der Waals surface area contributed by atoms with E-state index in [1.807, 2.05) is 78.0 Å². The molecule has 64 heavy (non-hydrogen) atoms. The van der Waals surface area contributed by atoms with Gasteiger partial charge in [0.15, 0.2) is 11.5 Å². The molecule has 4 heterocycles. The molecule has 4 aliphatic rings.